The van der Waals surface area contributed by atoms with Gasteiger partial charge in [0.15, 0.2) is 21.4 Å². The van der Waals surface area contributed by atoms with E-state index >= 15 is 0 Å². The Labute approximate surface area is 137 Å². The zero-order valence-corrected chi connectivity index (χ0v) is 13.7. The first-order valence-electron chi connectivity index (χ1n) is 6.71. The minimum Gasteiger partial charge on any atom is -0.494 e. The number of halogens is 2. The van der Waals surface area contributed by atoms with Crippen molar-refractivity contribution in [2.45, 2.75) is 10.6 Å². The lowest BCUT2D eigenvalue weighted by molar-refractivity contribution is 0.0600. The van der Waals surface area contributed by atoms with E-state index in [1.807, 2.05) is 0 Å². The molecular formula is C16H14F2O5S. The minimum absolute atomic E-state index is 0.0355. The average Bonchev–Trinajstić information content (AvgIpc) is 2.55. The zero-order chi connectivity index (χ0) is 17.9. The lowest BCUT2D eigenvalue weighted by atomic mass is 10.1. The van der Waals surface area contributed by atoms with E-state index in [9.17, 15) is 22.0 Å². The van der Waals surface area contributed by atoms with Gasteiger partial charge in [-0.1, -0.05) is 6.07 Å². The van der Waals surface area contributed by atoms with Gasteiger partial charge in [0, 0.05) is 5.56 Å². The molecule has 2 aromatic rings. The summed E-state index contributed by atoms with van der Waals surface area (Å²) in [6.45, 7) is 0. The molecule has 5 nitrogen and oxygen atoms in total. The van der Waals surface area contributed by atoms with Crippen LogP contribution in [0.15, 0.2) is 41.3 Å². The second kappa shape index (κ2) is 6.96. The van der Waals surface area contributed by atoms with E-state index in [1.165, 1.54) is 31.4 Å². The Morgan fingerprint density at radius 1 is 1.04 bits per heavy atom. The first-order valence-corrected chi connectivity index (χ1v) is 8.36. The number of ether oxygens (including phenoxy) is 2. The van der Waals surface area contributed by atoms with E-state index in [0.717, 1.165) is 19.2 Å². The Hall–Kier alpha value is -2.48. The van der Waals surface area contributed by atoms with Crippen molar-refractivity contribution < 1.29 is 31.5 Å². The van der Waals surface area contributed by atoms with Gasteiger partial charge >= 0.3 is 5.97 Å². The minimum atomic E-state index is -3.97. The van der Waals surface area contributed by atoms with E-state index in [4.69, 9.17) is 4.74 Å². The summed E-state index contributed by atoms with van der Waals surface area (Å²) in [5.74, 6) is -3.20. The quantitative estimate of drug-likeness (QED) is 0.771. The molecule has 0 aliphatic heterocycles. The molecule has 0 saturated carbocycles. The van der Waals surface area contributed by atoms with Gasteiger partial charge in [0.05, 0.1) is 30.4 Å². The summed E-state index contributed by atoms with van der Waals surface area (Å²) < 4.78 is 61.5. The summed E-state index contributed by atoms with van der Waals surface area (Å²) in [6, 6.07) is 6.50. The molecule has 0 bridgehead atoms. The molecule has 0 aliphatic rings. The predicted octanol–water partition coefficient (Wildman–Crippen LogP) is 2.73. The summed E-state index contributed by atoms with van der Waals surface area (Å²) >= 11 is 0. The second-order valence-electron chi connectivity index (χ2n) is 4.85. The number of carbonyl (C=O) groups excluding carboxylic acids is 1. The van der Waals surface area contributed by atoms with Crippen molar-refractivity contribution in [1.29, 1.82) is 0 Å². The van der Waals surface area contributed by atoms with Crippen molar-refractivity contribution in [2.75, 3.05) is 14.2 Å². The number of methoxy groups -OCH3 is 2. The molecule has 2 rings (SSSR count). The van der Waals surface area contributed by atoms with Crippen LogP contribution >= 0.6 is 0 Å². The third-order valence-corrected chi connectivity index (χ3v) is 4.97. The Kier molecular flexibility index (Phi) is 5.18. The molecule has 0 N–H and O–H groups in total. The number of carbonyl (C=O) groups is 1. The van der Waals surface area contributed by atoms with Crippen LogP contribution in [0.25, 0.3) is 0 Å². The summed E-state index contributed by atoms with van der Waals surface area (Å²) in [6.07, 6.45) is 0. The maximum Gasteiger partial charge on any atom is 0.337 e. The summed E-state index contributed by atoms with van der Waals surface area (Å²) in [7, 11) is -1.57. The summed E-state index contributed by atoms with van der Waals surface area (Å²) in [5, 5.41) is 0. The highest BCUT2D eigenvalue weighted by Gasteiger charge is 2.20. The van der Waals surface area contributed by atoms with E-state index in [-0.39, 0.29) is 21.8 Å². The molecule has 0 amide bonds. The monoisotopic (exact) mass is 356 g/mol. The lowest BCUT2D eigenvalue weighted by Crippen LogP contribution is -2.09. The van der Waals surface area contributed by atoms with E-state index in [2.05, 4.69) is 4.74 Å². The van der Waals surface area contributed by atoms with Gasteiger partial charge in [-0.25, -0.2) is 22.0 Å². The molecule has 2 aromatic carbocycles. The largest absolute Gasteiger partial charge is 0.494 e. The Balaban J connectivity index is 2.32. The van der Waals surface area contributed by atoms with Gasteiger partial charge in [-0.15, -0.1) is 0 Å². The van der Waals surface area contributed by atoms with Gasteiger partial charge in [-0.3, -0.25) is 0 Å². The molecule has 0 saturated heterocycles. The Morgan fingerprint density at radius 3 is 2.29 bits per heavy atom. The molecule has 0 aromatic heterocycles. The molecule has 8 heteroatoms. The van der Waals surface area contributed by atoms with Crippen LogP contribution in [0, 0.1) is 11.6 Å². The van der Waals surface area contributed by atoms with Gasteiger partial charge in [-0.2, -0.15) is 0 Å². The fraction of sp³-hybridized carbons (Fsp3) is 0.188. The maximum absolute atomic E-state index is 14.0. The van der Waals surface area contributed by atoms with Crippen LogP contribution in [0.2, 0.25) is 0 Å². The number of benzene rings is 2. The highest BCUT2D eigenvalue weighted by molar-refractivity contribution is 7.90. The highest BCUT2D eigenvalue weighted by atomic mass is 32.2. The van der Waals surface area contributed by atoms with Gasteiger partial charge in [0.2, 0.25) is 0 Å². The molecule has 24 heavy (non-hydrogen) atoms. The third kappa shape index (κ3) is 3.70. The maximum atomic E-state index is 14.0. The van der Waals surface area contributed by atoms with Crippen molar-refractivity contribution in [3.63, 3.8) is 0 Å². The lowest BCUT2D eigenvalue weighted by Gasteiger charge is -2.08. The van der Waals surface area contributed by atoms with Crippen LogP contribution in [0.3, 0.4) is 0 Å². The molecule has 0 radical (unpaired) electrons. The van der Waals surface area contributed by atoms with Gasteiger partial charge in [0.25, 0.3) is 0 Å². The molecule has 0 spiro atoms. The van der Waals surface area contributed by atoms with Crippen molar-refractivity contribution in [1.82, 2.24) is 0 Å². The van der Waals surface area contributed by atoms with Crippen LogP contribution in [-0.4, -0.2) is 28.6 Å². The molecule has 0 fully saturated rings. The van der Waals surface area contributed by atoms with Crippen LogP contribution in [0.4, 0.5) is 8.78 Å². The van der Waals surface area contributed by atoms with Crippen LogP contribution in [-0.2, 0) is 20.3 Å². The first kappa shape index (κ1) is 17.9. The molecule has 0 aliphatic carbocycles. The molecular weight excluding hydrogens is 342 g/mol. The van der Waals surface area contributed by atoms with E-state index in [0.29, 0.717) is 0 Å². The van der Waals surface area contributed by atoms with Gasteiger partial charge < -0.3 is 9.47 Å². The van der Waals surface area contributed by atoms with Crippen molar-refractivity contribution >= 4 is 15.8 Å². The van der Waals surface area contributed by atoms with Crippen molar-refractivity contribution in [3.8, 4) is 5.75 Å². The Bertz CT molecular complexity index is 878. The van der Waals surface area contributed by atoms with E-state index in [1.54, 1.807) is 0 Å². The van der Waals surface area contributed by atoms with Crippen LogP contribution in [0.5, 0.6) is 5.75 Å². The fourth-order valence-corrected chi connectivity index (χ4v) is 3.41. The first-order chi connectivity index (χ1) is 11.3. The number of hydrogen-bond donors (Lipinski definition) is 0. The van der Waals surface area contributed by atoms with Crippen LogP contribution < -0.4 is 4.74 Å². The average molecular weight is 356 g/mol. The molecule has 128 valence electrons. The van der Waals surface area contributed by atoms with Gasteiger partial charge in [-0.05, 0) is 30.3 Å². The van der Waals surface area contributed by atoms with Gasteiger partial charge in [0.1, 0.15) is 5.82 Å². The smallest absolute Gasteiger partial charge is 0.337 e. The fourth-order valence-electron chi connectivity index (χ4n) is 2.04. The number of sulfone groups is 1. The topological polar surface area (TPSA) is 69.7 Å². The van der Waals surface area contributed by atoms with Crippen molar-refractivity contribution in [3.05, 3.63) is 59.2 Å². The summed E-state index contributed by atoms with van der Waals surface area (Å²) in [5.41, 5.74) is -0.175. The van der Waals surface area contributed by atoms with E-state index < -0.39 is 33.2 Å². The highest BCUT2D eigenvalue weighted by Crippen LogP contribution is 2.24. The third-order valence-electron chi connectivity index (χ3n) is 3.30. The molecule has 0 atom stereocenters. The number of esters is 1. The molecule has 0 unspecified atom stereocenters. The zero-order valence-electron chi connectivity index (χ0n) is 12.9. The standard InChI is InChI=1S/C16H14F2O5S/c1-22-15-6-5-12(8-14(15)18)24(20,21)9-11-4-3-10(7-13(11)17)16(19)23-2/h3-8H,9H2,1-2H3. The Morgan fingerprint density at radius 2 is 1.75 bits per heavy atom. The normalized spacial score (nSPS) is 11.2. The summed E-state index contributed by atoms with van der Waals surface area (Å²) in [4.78, 5) is 11.0. The molecule has 0 heterocycles. The number of rotatable bonds is 5. The predicted molar refractivity (Wildman–Crippen MR) is 81.6 cm³/mol. The second-order valence-corrected chi connectivity index (χ2v) is 6.84. The van der Waals surface area contributed by atoms with Crippen LogP contribution in [0.1, 0.15) is 15.9 Å². The van der Waals surface area contributed by atoms with Crippen molar-refractivity contribution in [2.24, 2.45) is 0 Å². The number of hydrogen-bond acceptors (Lipinski definition) is 5. The SMILES string of the molecule is COC(=O)c1ccc(CS(=O)(=O)c2ccc(OC)c(F)c2)c(F)c1.